The van der Waals surface area contributed by atoms with Crippen LogP contribution in [0.2, 0.25) is 5.02 Å². The highest BCUT2D eigenvalue weighted by Gasteiger charge is 2.23. The van der Waals surface area contributed by atoms with Crippen molar-refractivity contribution in [3.8, 4) is 11.3 Å². The number of carbonyl (C=O) groups is 1. The fourth-order valence-electron chi connectivity index (χ4n) is 2.68. The van der Waals surface area contributed by atoms with Crippen molar-refractivity contribution in [3.05, 3.63) is 64.6 Å². The zero-order valence-electron chi connectivity index (χ0n) is 13.9. The number of nitrogens with zero attached hydrogens (tertiary/aromatic N) is 2. The average molecular weight is 360 g/mol. The highest BCUT2D eigenvalue weighted by Crippen LogP contribution is 2.30. The Morgan fingerprint density at radius 1 is 1.36 bits per heavy atom. The molecule has 0 spiro atoms. The fourth-order valence-corrected chi connectivity index (χ4v) is 2.90. The molecule has 0 bridgehead atoms. The number of halogens is 1. The Labute approximate surface area is 150 Å². The Kier molecular flexibility index (Phi) is 4.92. The molecule has 3 aromatic rings. The van der Waals surface area contributed by atoms with Gasteiger partial charge in [-0.25, -0.2) is 0 Å². The summed E-state index contributed by atoms with van der Waals surface area (Å²) >= 11 is 6.20. The topological polar surface area (TPSA) is 80.3 Å². The SMILES string of the molecule is Cc1onc(-c2ccccc2Cl)c1C(=O)NCC(O)c1cccn1C. The second-order valence-corrected chi connectivity index (χ2v) is 6.12. The largest absolute Gasteiger partial charge is 0.385 e. The van der Waals surface area contributed by atoms with Crippen molar-refractivity contribution < 1.29 is 14.4 Å². The molecule has 1 aromatic carbocycles. The summed E-state index contributed by atoms with van der Waals surface area (Å²) in [5.41, 5.74) is 2.03. The van der Waals surface area contributed by atoms with Crippen LogP contribution in [0.15, 0.2) is 47.1 Å². The fraction of sp³-hybridized carbons (Fsp3) is 0.222. The molecule has 1 atom stereocenters. The molecule has 7 heteroatoms. The Balaban J connectivity index is 1.80. The maximum absolute atomic E-state index is 12.6. The number of amides is 1. The average Bonchev–Trinajstić information content (AvgIpc) is 3.18. The van der Waals surface area contributed by atoms with Crippen LogP contribution in [0.4, 0.5) is 0 Å². The predicted octanol–water partition coefficient (Wildman–Crippen LogP) is 3.11. The molecule has 2 aromatic heterocycles. The van der Waals surface area contributed by atoms with Crippen LogP contribution in [0.5, 0.6) is 0 Å². The molecule has 0 aliphatic heterocycles. The standard InChI is InChI=1S/C18H18ClN3O3/c1-11-16(17(21-25-11)12-6-3-4-7-13(12)19)18(24)20-10-15(23)14-8-5-9-22(14)2/h3-9,15,23H,10H2,1-2H3,(H,20,24). The lowest BCUT2D eigenvalue weighted by molar-refractivity contribution is 0.0911. The van der Waals surface area contributed by atoms with Gasteiger partial charge in [-0.1, -0.05) is 35.0 Å². The summed E-state index contributed by atoms with van der Waals surface area (Å²) < 4.78 is 6.99. The summed E-state index contributed by atoms with van der Waals surface area (Å²) in [4.78, 5) is 12.6. The van der Waals surface area contributed by atoms with Crippen molar-refractivity contribution in [3.63, 3.8) is 0 Å². The van der Waals surface area contributed by atoms with E-state index in [9.17, 15) is 9.90 Å². The monoisotopic (exact) mass is 359 g/mol. The summed E-state index contributed by atoms with van der Waals surface area (Å²) in [7, 11) is 1.83. The number of aromatic nitrogens is 2. The Morgan fingerprint density at radius 2 is 2.12 bits per heavy atom. The zero-order valence-corrected chi connectivity index (χ0v) is 14.6. The number of aliphatic hydroxyl groups is 1. The van der Waals surface area contributed by atoms with Crippen LogP contribution in [0, 0.1) is 6.92 Å². The van der Waals surface area contributed by atoms with Gasteiger partial charge in [-0.2, -0.15) is 0 Å². The first-order valence-electron chi connectivity index (χ1n) is 7.77. The number of aliphatic hydroxyl groups excluding tert-OH is 1. The molecule has 3 rings (SSSR count). The molecule has 1 amide bonds. The number of hydrogen-bond donors (Lipinski definition) is 2. The minimum absolute atomic E-state index is 0.0727. The summed E-state index contributed by atoms with van der Waals surface area (Å²) in [6.45, 7) is 1.74. The summed E-state index contributed by atoms with van der Waals surface area (Å²) in [5, 5.41) is 17.4. The van der Waals surface area contributed by atoms with Crippen molar-refractivity contribution in [2.24, 2.45) is 7.05 Å². The summed E-state index contributed by atoms with van der Waals surface area (Å²) in [6, 6.07) is 10.7. The lowest BCUT2D eigenvalue weighted by atomic mass is 10.1. The first kappa shape index (κ1) is 17.3. The van der Waals surface area contributed by atoms with Crippen molar-refractivity contribution >= 4 is 17.5 Å². The van der Waals surface area contributed by atoms with E-state index in [1.165, 1.54) is 0 Å². The lowest BCUT2D eigenvalue weighted by Gasteiger charge is -2.13. The van der Waals surface area contributed by atoms with Gasteiger partial charge in [-0.3, -0.25) is 4.79 Å². The van der Waals surface area contributed by atoms with E-state index in [1.54, 1.807) is 35.8 Å². The van der Waals surface area contributed by atoms with Gasteiger partial charge in [0.15, 0.2) is 0 Å². The van der Waals surface area contributed by atoms with Crippen LogP contribution < -0.4 is 5.32 Å². The van der Waals surface area contributed by atoms with Gasteiger partial charge in [-0.05, 0) is 25.1 Å². The van der Waals surface area contributed by atoms with Gasteiger partial charge in [0.05, 0.1) is 5.02 Å². The number of benzene rings is 1. The molecule has 0 aliphatic rings. The van der Waals surface area contributed by atoms with E-state index in [4.69, 9.17) is 16.1 Å². The predicted molar refractivity (Wildman–Crippen MR) is 94.4 cm³/mol. The van der Waals surface area contributed by atoms with Gasteiger partial charge < -0.3 is 19.5 Å². The van der Waals surface area contributed by atoms with Crippen LogP contribution in [0.3, 0.4) is 0 Å². The maximum Gasteiger partial charge on any atom is 0.257 e. The van der Waals surface area contributed by atoms with Crippen LogP contribution in [0.1, 0.15) is 27.9 Å². The van der Waals surface area contributed by atoms with Crippen LogP contribution in [-0.2, 0) is 7.05 Å². The second kappa shape index (κ2) is 7.13. The van der Waals surface area contributed by atoms with Crippen molar-refractivity contribution in [2.75, 3.05) is 6.54 Å². The normalized spacial score (nSPS) is 12.2. The van der Waals surface area contributed by atoms with Gasteiger partial charge in [0.1, 0.15) is 23.1 Å². The molecule has 0 saturated carbocycles. The third-order valence-corrected chi connectivity index (χ3v) is 4.33. The van der Waals surface area contributed by atoms with E-state index in [2.05, 4.69) is 10.5 Å². The molecule has 25 heavy (non-hydrogen) atoms. The van der Waals surface area contributed by atoms with Crippen LogP contribution in [-0.4, -0.2) is 27.3 Å². The van der Waals surface area contributed by atoms with Crippen molar-refractivity contribution in [2.45, 2.75) is 13.0 Å². The molecule has 0 saturated heterocycles. The van der Waals surface area contributed by atoms with E-state index in [1.807, 2.05) is 25.4 Å². The van der Waals surface area contributed by atoms with Crippen LogP contribution in [0.25, 0.3) is 11.3 Å². The molecule has 0 fully saturated rings. The van der Waals surface area contributed by atoms with Crippen molar-refractivity contribution in [1.82, 2.24) is 15.0 Å². The number of rotatable bonds is 5. The maximum atomic E-state index is 12.6. The van der Waals surface area contributed by atoms with Crippen LogP contribution >= 0.6 is 11.6 Å². The minimum Gasteiger partial charge on any atom is -0.385 e. The smallest absolute Gasteiger partial charge is 0.257 e. The van der Waals surface area contributed by atoms with E-state index in [0.717, 1.165) is 0 Å². The van der Waals surface area contributed by atoms with Gasteiger partial charge in [0.25, 0.3) is 5.91 Å². The number of nitrogens with one attached hydrogen (secondary N) is 1. The van der Waals surface area contributed by atoms with E-state index in [-0.39, 0.29) is 12.5 Å². The molecule has 2 heterocycles. The Morgan fingerprint density at radius 3 is 2.80 bits per heavy atom. The number of carbonyl (C=O) groups excluding carboxylic acids is 1. The molecule has 130 valence electrons. The van der Waals surface area contributed by atoms with E-state index in [0.29, 0.717) is 33.3 Å². The van der Waals surface area contributed by atoms with Crippen molar-refractivity contribution in [1.29, 1.82) is 0 Å². The second-order valence-electron chi connectivity index (χ2n) is 5.71. The summed E-state index contributed by atoms with van der Waals surface area (Å²) in [6.07, 6.45) is 1.02. The zero-order chi connectivity index (χ0) is 18.0. The number of aryl methyl sites for hydroxylation is 2. The first-order valence-corrected chi connectivity index (χ1v) is 8.15. The molecular formula is C18H18ClN3O3. The highest BCUT2D eigenvalue weighted by atomic mass is 35.5. The minimum atomic E-state index is -0.812. The van der Waals surface area contributed by atoms with Gasteiger partial charge in [0.2, 0.25) is 0 Å². The van der Waals surface area contributed by atoms with Gasteiger partial charge >= 0.3 is 0 Å². The van der Waals surface area contributed by atoms with E-state index >= 15 is 0 Å². The number of hydrogen-bond acceptors (Lipinski definition) is 4. The molecule has 0 aliphatic carbocycles. The third-order valence-electron chi connectivity index (χ3n) is 4.00. The quantitative estimate of drug-likeness (QED) is 0.733. The molecule has 6 nitrogen and oxygen atoms in total. The molecule has 0 radical (unpaired) electrons. The lowest BCUT2D eigenvalue weighted by Crippen LogP contribution is -2.29. The molecule has 2 N–H and O–H groups in total. The first-order chi connectivity index (χ1) is 12.0. The summed E-state index contributed by atoms with van der Waals surface area (Å²) in [5.74, 6) is 0.0164. The van der Waals surface area contributed by atoms with Gasteiger partial charge in [0, 0.05) is 31.0 Å². The highest BCUT2D eigenvalue weighted by molar-refractivity contribution is 6.33. The third kappa shape index (κ3) is 3.45. The Hall–Kier alpha value is -2.57. The molecular weight excluding hydrogens is 342 g/mol. The Bertz CT molecular complexity index is 901. The van der Waals surface area contributed by atoms with E-state index < -0.39 is 6.10 Å². The molecule has 1 unspecified atom stereocenters. The van der Waals surface area contributed by atoms with Gasteiger partial charge in [-0.15, -0.1) is 0 Å².